The number of fused-ring (bicyclic) bond motifs is 1. The lowest BCUT2D eigenvalue weighted by Gasteiger charge is -2.07. The van der Waals surface area contributed by atoms with E-state index in [9.17, 15) is 4.79 Å². The first-order valence-corrected chi connectivity index (χ1v) is 8.90. The topological polar surface area (TPSA) is 108 Å². The number of aromatic amines is 2. The van der Waals surface area contributed by atoms with Crippen molar-refractivity contribution in [3.8, 4) is 22.5 Å². The number of H-pyrrole nitrogens is 2. The fourth-order valence-corrected chi connectivity index (χ4v) is 3.39. The van der Waals surface area contributed by atoms with E-state index >= 15 is 0 Å². The molecule has 0 aliphatic heterocycles. The van der Waals surface area contributed by atoms with Crippen LogP contribution in [0.15, 0.2) is 47.8 Å². The zero-order valence-electron chi connectivity index (χ0n) is 13.9. The van der Waals surface area contributed by atoms with Gasteiger partial charge in [0, 0.05) is 10.9 Å². The van der Waals surface area contributed by atoms with E-state index < -0.39 is 5.97 Å². The van der Waals surface area contributed by atoms with Gasteiger partial charge in [0.1, 0.15) is 0 Å². The number of hydrogen-bond acceptors (Lipinski definition) is 5. The lowest BCUT2D eigenvalue weighted by Crippen LogP contribution is -1.97. The first-order valence-electron chi connectivity index (χ1n) is 7.92. The molecule has 8 heteroatoms. The molecule has 7 nitrogen and oxygen atoms in total. The van der Waals surface area contributed by atoms with Crippen LogP contribution in [0.4, 0.5) is 0 Å². The summed E-state index contributed by atoms with van der Waals surface area (Å²) >= 11 is 1.11. The number of nitrogens with zero attached hydrogens (tertiary/aromatic N) is 3. The summed E-state index contributed by atoms with van der Waals surface area (Å²) in [6.45, 7) is 2.03. The Hall–Kier alpha value is -3.13. The van der Waals surface area contributed by atoms with E-state index in [-0.39, 0.29) is 5.75 Å². The molecule has 4 rings (SSSR count). The summed E-state index contributed by atoms with van der Waals surface area (Å²) in [5.41, 5.74) is 5.12. The van der Waals surface area contributed by atoms with Gasteiger partial charge < -0.3 is 10.1 Å². The van der Waals surface area contributed by atoms with Crippen LogP contribution in [-0.4, -0.2) is 42.2 Å². The SMILES string of the molecule is Cc1cc(-c2nnc(SCC(=O)O)[nH]2)cc(-c2cccc3[nH]ncc23)c1. The average Bonchev–Trinajstić information content (AvgIpc) is 3.28. The maximum Gasteiger partial charge on any atom is 0.313 e. The van der Waals surface area contributed by atoms with E-state index in [2.05, 4.69) is 37.5 Å². The number of carboxylic acids is 1. The lowest BCUT2D eigenvalue weighted by atomic mass is 9.97. The molecule has 2 heterocycles. The molecule has 2 aromatic heterocycles. The minimum Gasteiger partial charge on any atom is -0.481 e. The van der Waals surface area contributed by atoms with Gasteiger partial charge in [0.2, 0.25) is 0 Å². The van der Waals surface area contributed by atoms with Crippen LogP contribution in [0.25, 0.3) is 33.4 Å². The Bertz CT molecular complexity index is 1100. The minimum absolute atomic E-state index is 0.0593. The van der Waals surface area contributed by atoms with E-state index in [0.29, 0.717) is 11.0 Å². The Labute approximate surface area is 152 Å². The quantitative estimate of drug-likeness (QED) is 0.467. The van der Waals surface area contributed by atoms with Crippen molar-refractivity contribution < 1.29 is 9.90 Å². The standard InChI is InChI=1S/C18H15N5O2S/c1-10-5-11(13-3-2-4-15-14(13)8-19-21-15)7-12(6-10)17-20-18(23-22-17)26-9-16(24)25/h2-8H,9H2,1H3,(H,19,21)(H,24,25)(H,20,22,23). The molecular formula is C18H15N5O2S. The number of aryl methyl sites for hydroxylation is 1. The van der Waals surface area contributed by atoms with Gasteiger partial charge in [0.25, 0.3) is 0 Å². The number of hydrogen-bond donors (Lipinski definition) is 3. The van der Waals surface area contributed by atoms with Crippen LogP contribution < -0.4 is 0 Å². The first kappa shape index (κ1) is 16.3. The third-order valence-corrected chi connectivity index (χ3v) is 4.79. The van der Waals surface area contributed by atoms with Crippen LogP contribution in [0.2, 0.25) is 0 Å². The van der Waals surface area contributed by atoms with Gasteiger partial charge in [-0.15, -0.1) is 10.2 Å². The monoisotopic (exact) mass is 365 g/mol. The number of nitrogens with one attached hydrogen (secondary N) is 2. The fraction of sp³-hybridized carbons (Fsp3) is 0.111. The Balaban J connectivity index is 1.73. The summed E-state index contributed by atoms with van der Waals surface area (Å²) in [7, 11) is 0. The van der Waals surface area contributed by atoms with E-state index in [4.69, 9.17) is 5.11 Å². The second-order valence-electron chi connectivity index (χ2n) is 5.89. The van der Waals surface area contributed by atoms with Crippen molar-refractivity contribution in [3.63, 3.8) is 0 Å². The van der Waals surface area contributed by atoms with Gasteiger partial charge in [0.05, 0.1) is 17.5 Å². The summed E-state index contributed by atoms with van der Waals surface area (Å²) in [5.74, 6) is -0.336. The van der Waals surface area contributed by atoms with Crippen LogP contribution >= 0.6 is 11.8 Å². The maximum atomic E-state index is 10.7. The molecule has 0 saturated carbocycles. The van der Waals surface area contributed by atoms with Gasteiger partial charge in [-0.1, -0.05) is 30.0 Å². The molecule has 0 aliphatic carbocycles. The smallest absolute Gasteiger partial charge is 0.313 e. The summed E-state index contributed by atoms with van der Waals surface area (Å²) in [6.07, 6.45) is 1.82. The van der Waals surface area contributed by atoms with Gasteiger partial charge in [-0.2, -0.15) is 5.10 Å². The van der Waals surface area contributed by atoms with Crippen LogP contribution in [0.3, 0.4) is 0 Å². The molecule has 0 fully saturated rings. The van der Waals surface area contributed by atoms with E-state index in [1.165, 1.54) is 0 Å². The molecule has 0 radical (unpaired) electrons. The van der Waals surface area contributed by atoms with E-state index in [1.54, 1.807) is 0 Å². The highest BCUT2D eigenvalue weighted by molar-refractivity contribution is 7.99. The molecule has 2 aromatic carbocycles. The zero-order chi connectivity index (χ0) is 18.1. The number of aromatic nitrogens is 5. The van der Waals surface area contributed by atoms with Crippen molar-refractivity contribution in [2.75, 3.05) is 5.75 Å². The first-order chi connectivity index (χ1) is 12.6. The maximum absolute atomic E-state index is 10.7. The van der Waals surface area contributed by atoms with Gasteiger partial charge >= 0.3 is 5.97 Å². The molecule has 4 aromatic rings. The number of carbonyl (C=O) groups is 1. The molecule has 0 amide bonds. The Kier molecular flexibility index (Phi) is 4.18. The molecule has 0 saturated heterocycles. The average molecular weight is 365 g/mol. The van der Waals surface area contributed by atoms with E-state index in [1.807, 2.05) is 37.4 Å². The van der Waals surface area contributed by atoms with Crippen LogP contribution in [0, 0.1) is 6.92 Å². The number of aliphatic carboxylic acids is 1. The summed E-state index contributed by atoms with van der Waals surface area (Å²) in [6, 6.07) is 12.2. The van der Waals surface area contributed by atoms with Gasteiger partial charge in [-0.05, 0) is 41.8 Å². The lowest BCUT2D eigenvalue weighted by molar-refractivity contribution is -0.133. The Morgan fingerprint density at radius 2 is 2.04 bits per heavy atom. The molecule has 3 N–H and O–H groups in total. The molecule has 0 spiro atoms. The van der Waals surface area contributed by atoms with E-state index in [0.717, 1.165) is 44.9 Å². The molecular weight excluding hydrogens is 350 g/mol. The zero-order valence-corrected chi connectivity index (χ0v) is 14.7. The van der Waals surface area contributed by atoms with Crippen molar-refractivity contribution in [2.45, 2.75) is 12.1 Å². The van der Waals surface area contributed by atoms with Gasteiger partial charge in [-0.3, -0.25) is 9.89 Å². The highest BCUT2D eigenvalue weighted by Crippen LogP contribution is 2.31. The predicted molar refractivity (Wildman–Crippen MR) is 100 cm³/mol. The fourth-order valence-electron chi connectivity index (χ4n) is 2.87. The minimum atomic E-state index is -0.890. The molecule has 0 atom stereocenters. The number of thioether (sulfide) groups is 1. The van der Waals surface area contributed by atoms with Gasteiger partial charge in [-0.25, -0.2) is 0 Å². The Morgan fingerprint density at radius 1 is 1.19 bits per heavy atom. The van der Waals surface area contributed by atoms with Gasteiger partial charge in [0.15, 0.2) is 11.0 Å². The normalized spacial score (nSPS) is 11.1. The van der Waals surface area contributed by atoms with Crippen molar-refractivity contribution >= 4 is 28.6 Å². The summed E-state index contributed by atoms with van der Waals surface area (Å²) < 4.78 is 0. The molecule has 0 bridgehead atoms. The largest absolute Gasteiger partial charge is 0.481 e. The van der Waals surface area contributed by atoms with Crippen molar-refractivity contribution in [3.05, 3.63) is 48.2 Å². The predicted octanol–water partition coefficient (Wildman–Crippen LogP) is 3.50. The van der Waals surface area contributed by atoms with Crippen LogP contribution in [0.1, 0.15) is 5.56 Å². The molecule has 26 heavy (non-hydrogen) atoms. The molecule has 130 valence electrons. The second-order valence-corrected chi connectivity index (χ2v) is 6.85. The molecule has 0 unspecified atom stereocenters. The van der Waals surface area contributed by atoms with Crippen molar-refractivity contribution in [1.29, 1.82) is 0 Å². The second kappa shape index (κ2) is 6.64. The highest BCUT2D eigenvalue weighted by Gasteiger charge is 2.11. The number of benzene rings is 2. The number of rotatable bonds is 5. The number of carboxylic acid groups (broad SMARTS) is 1. The summed E-state index contributed by atoms with van der Waals surface area (Å²) in [5, 5.41) is 25.6. The van der Waals surface area contributed by atoms with Crippen molar-refractivity contribution in [2.24, 2.45) is 0 Å². The Morgan fingerprint density at radius 3 is 2.88 bits per heavy atom. The summed E-state index contributed by atoms with van der Waals surface area (Å²) in [4.78, 5) is 13.8. The van der Waals surface area contributed by atoms with Crippen LogP contribution in [0.5, 0.6) is 0 Å². The highest BCUT2D eigenvalue weighted by atomic mass is 32.2. The van der Waals surface area contributed by atoms with Crippen LogP contribution in [-0.2, 0) is 4.79 Å². The third-order valence-electron chi connectivity index (χ3n) is 3.95. The third kappa shape index (κ3) is 3.18. The molecule has 0 aliphatic rings. The van der Waals surface area contributed by atoms with Crippen molar-refractivity contribution in [1.82, 2.24) is 25.4 Å².